The van der Waals surface area contributed by atoms with E-state index < -0.39 is 23.9 Å². The fourth-order valence-electron chi connectivity index (χ4n) is 10.6. The van der Waals surface area contributed by atoms with Crippen LogP contribution in [0.3, 0.4) is 0 Å². The number of ether oxygens (including phenoxy) is 5. The average Bonchev–Trinajstić information content (AvgIpc) is 1.95. The van der Waals surface area contributed by atoms with E-state index in [4.69, 9.17) is 23.7 Å². The number of rotatable bonds is 34. The van der Waals surface area contributed by atoms with Crippen molar-refractivity contribution in [3.63, 3.8) is 0 Å². The summed E-state index contributed by atoms with van der Waals surface area (Å²) in [5.41, 5.74) is 4.91. The van der Waals surface area contributed by atoms with Crippen LogP contribution < -0.4 is 34.9 Å². The molecule has 3 N–H and O–H groups in total. The number of benzene rings is 3. The first-order valence-electron chi connectivity index (χ1n) is 28.7. The molecule has 3 aromatic carbocycles. The Labute approximate surface area is 490 Å². The van der Waals surface area contributed by atoms with E-state index in [1.165, 1.54) is 28.6 Å². The number of halogens is 2. The predicted octanol–water partition coefficient (Wildman–Crippen LogP) is 8.57. The lowest BCUT2D eigenvalue weighted by Crippen LogP contribution is -2.50. The van der Waals surface area contributed by atoms with Crippen molar-refractivity contribution in [1.82, 2.24) is 25.3 Å². The number of nitrogens with zero attached hydrogens (tertiary/aromatic N) is 5. The number of nitrogens with one attached hydrogen (secondary N) is 3. The summed E-state index contributed by atoms with van der Waals surface area (Å²) in [5, 5.41) is 21.1. The summed E-state index contributed by atoms with van der Waals surface area (Å²) in [6.45, 7) is 5.60. The zero-order valence-electron chi connectivity index (χ0n) is 49.6. The molecular weight excluding hydrogens is 1080 g/mol. The Morgan fingerprint density at radius 1 is 0.821 bits per heavy atom. The molecule has 1 aromatic heterocycles. The lowest BCUT2D eigenvalue weighted by Gasteiger charge is -2.32. The van der Waals surface area contributed by atoms with Gasteiger partial charge >= 0.3 is 6.97 Å². The molecule has 4 heterocycles. The molecule has 3 aliphatic rings. The molecule has 0 saturated heterocycles. The normalized spacial score (nSPS) is 15.0. The van der Waals surface area contributed by atoms with Crippen molar-refractivity contribution in [2.45, 2.75) is 77.7 Å². The molecule has 22 heteroatoms. The topological polar surface area (TPSA) is 205 Å². The molecule has 4 aromatic rings. The number of unbranched alkanes of at least 4 members (excludes halogenated alkanes) is 1. The molecule has 0 spiro atoms. The summed E-state index contributed by atoms with van der Waals surface area (Å²) in [6.07, 6.45) is 9.86. The van der Waals surface area contributed by atoms with Gasteiger partial charge in [0.1, 0.15) is 23.9 Å². The number of amides is 3. The van der Waals surface area contributed by atoms with Crippen molar-refractivity contribution in [3.8, 4) is 34.3 Å². The Morgan fingerprint density at radius 3 is 2.15 bits per heavy atom. The van der Waals surface area contributed by atoms with Crippen molar-refractivity contribution < 1.29 is 65.4 Å². The van der Waals surface area contributed by atoms with Gasteiger partial charge in [0.15, 0.2) is 22.9 Å². The number of fused-ring (bicyclic) bond motifs is 2. The maximum Gasteiger partial charge on any atom is 0.737 e. The van der Waals surface area contributed by atoms with Gasteiger partial charge in [-0.3, -0.25) is 29.3 Å². The summed E-state index contributed by atoms with van der Waals surface area (Å²) in [7, 11) is 10.9. The standard InChI is InChI=1S/C62H79BF2N8O11/c1-10-44(62(77)68-28-12-11-15-60(75)67-30-34-84-59-41-57(72(78)79)52(39-58(59)82-9)43(3)66-29-33-83-35-31-69-42(2)16-27-61(69)76)36-49(74)22-17-48-38-54(46-20-25-51(81-8)26-21-46)71-56(48)40-55-47(14-13-32-73(4,5)6)37-53(70(55)63(71,64)65)45-18-23-50(80-7)24-19-45/h16,18-21,23-27,37-41,43-44,66H,2,10-15,17,22,28-36H2,1,3-9H3,(H-,67,68,75,77)/p+1. The second-order valence-corrected chi connectivity index (χ2v) is 22.1. The van der Waals surface area contributed by atoms with E-state index in [0.29, 0.717) is 121 Å². The Bertz CT molecular complexity index is 3170. The number of hydrogen-bond donors (Lipinski definition) is 3. The molecule has 0 aliphatic carbocycles. The number of methoxy groups -OCH3 is 3. The van der Waals surface area contributed by atoms with Crippen LogP contribution in [0.15, 0.2) is 109 Å². The molecule has 7 rings (SSSR count). The average molecular weight is 1160 g/mol. The van der Waals surface area contributed by atoms with Gasteiger partial charge in [-0.05, 0) is 117 Å². The molecule has 0 fully saturated rings. The van der Waals surface area contributed by atoms with E-state index in [0.717, 1.165) is 27.5 Å². The van der Waals surface area contributed by atoms with E-state index >= 15 is 8.63 Å². The third-order valence-corrected chi connectivity index (χ3v) is 15.2. The third kappa shape index (κ3) is 16.0. The van der Waals surface area contributed by atoms with Gasteiger partial charge in [0, 0.05) is 104 Å². The van der Waals surface area contributed by atoms with Gasteiger partial charge < -0.3 is 66.6 Å². The zero-order chi connectivity index (χ0) is 60.7. The van der Waals surface area contributed by atoms with E-state index in [9.17, 15) is 29.3 Å². The number of ketones is 1. The van der Waals surface area contributed by atoms with Crippen LogP contribution in [0.4, 0.5) is 14.3 Å². The number of aromatic nitrogens is 1. The molecule has 0 bridgehead atoms. The van der Waals surface area contributed by atoms with Crippen LogP contribution in [-0.2, 0) is 30.3 Å². The fraction of sp³-hybridized carbons (Fsp3) is 0.435. The lowest BCUT2D eigenvalue weighted by molar-refractivity contribution is -0.870. The summed E-state index contributed by atoms with van der Waals surface area (Å²) in [4.78, 5) is 64.9. The Kier molecular flexibility index (Phi) is 22.0. The predicted molar refractivity (Wildman–Crippen MR) is 319 cm³/mol. The quantitative estimate of drug-likeness (QED) is 0.0132. The summed E-state index contributed by atoms with van der Waals surface area (Å²) < 4.78 is 66.5. The first kappa shape index (κ1) is 63.6. The summed E-state index contributed by atoms with van der Waals surface area (Å²) >= 11 is 0. The largest absolute Gasteiger partial charge is 0.737 e. The highest BCUT2D eigenvalue weighted by Gasteiger charge is 2.55. The van der Waals surface area contributed by atoms with Gasteiger partial charge in [-0.25, -0.2) is 0 Å². The Morgan fingerprint density at radius 2 is 1.52 bits per heavy atom. The van der Waals surface area contributed by atoms with Gasteiger partial charge in [-0.2, -0.15) is 0 Å². The molecular formula is C62H80BF2N8O11+. The molecule has 0 radical (unpaired) electrons. The second-order valence-electron chi connectivity index (χ2n) is 22.1. The highest BCUT2D eigenvalue weighted by molar-refractivity contribution is 6.59. The maximum absolute atomic E-state index is 17.8. The highest BCUT2D eigenvalue weighted by atomic mass is 19.2. The van der Waals surface area contributed by atoms with Gasteiger partial charge in [-0.15, -0.1) is 0 Å². The molecule has 3 aliphatic heterocycles. The first-order valence-corrected chi connectivity index (χ1v) is 28.7. The number of hydrogen-bond acceptors (Lipinski definition) is 12. The number of nitro groups is 1. The minimum atomic E-state index is -4.48. The van der Waals surface area contributed by atoms with Crippen molar-refractivity contribution in [3.05, 3.63) is 141 Å². The molecule has 84 heavy (non-hydrogen) atoms. The number of allylic oxidation sites excluding steroid dienone is 3. The lowest BCUT2D eigenvalue weighted by atomic mass is 9.87. The maximum atomic E-state index is 17.8. The monoisotopic (exact) mass is 1160 g/mol. The third-order valence-electron chi connectivity index (χ3n) is 15.2. The molecule has 19 nitrogen and oxygen atoms in total. The number of quaternary nitrogens is 1. The number of carbonyl (C=O) groups excluding carboxylic acids is 4. The van der Waals surface area contributed by atoms with Crippen LogP contribution >= 0.6 is 0 Å². The second kappa shape index (κ2) is 29.0. The number of Topliss-reactive ketones (excluding diaryl/α,β-unsaturated/α-hetero) is 1. The van der Waals surface area contributed by atoms with Crippen molar-refractivity contribution in [1.29, 1.82) is 0 Å². The number of carbonyl (C=O) groups is 4. The minimum absolute atomic E-state index is 0.0110. The molecule has 2 unspecified atom stereocenters. The SMILES string of the molecule is C=C1C=CC(=O)N1CCOCCNC(C)c1cc(OC)c(OCCNC(=O)CCCCNC(=O)C(CC)CC(=O)CCC2=CC(c3ccc(OC)cc3)=[N+]3C2=Cc2c(CCC[N+](C)(C)C)cc(-c4ccc(OC)cc4)n2[B-]3(F)F)cc1[N+](=O)[O-]. The Hall–Kier alpha value is -7.95. The fourth-order valence-corrected chi connectivity index (χ4v) is 10.6. The van der Waals surface area contributed by atoms with E-state index in [2.05, 4.69) is 43.7 Å². The van der Waals surface area contributed by atoms with Crippen molar-refractivity contribution in [2.75, 3.05) is 95.0 Å². The van der Waals surface area contributed by atoms with E-state index in [1.54, 1.807) is 87.9 Å². The van der Waals surface area contributed by atoms with Gasteiger partial charge in [-0.1, -0.05) is 13.5 Å². The van der Waals surface area contributed by atoms with Crippen LogP contribution in [0.1, 0.15) is 93.6 Å². The van der Waals surface area contributed by atoms with E-state index in [1.807, 2.05) is 19.1 Å². The Balaban J connectivity index is 0.888. The first-order chi connectivity index (χ1) is 40.2. The minimum Gasteiger partial charge on any atom is -0.497 e. The van der Waals surface area contributed by atoms with Crippen molar-refractivity contribution in [2.24, 2.45) is 5.92 Å². The van der Waals surface area contributed by atoms with Crippen LogP contribution in [0.5, 0.6) is 23.0 Å². The van der Waals surface area contributed by atoms with Crippen LogP contribution in [0.25, 0.3) is 17.3 Å². The summed E-state index contributed by atoms with van der Waals surface area (Å²) in [6, 6.07) is 18.4. The highest BCUT2D eigenvalue weighted by Crippen LogP contribution is 2.43. The smallest absolute Gasteiger partial charge is 0.497 e. The molecule has 0 saturated carbocycles. The van der Waals surface area contributed by atoms with Gasteiger partial charge in [0.05, 0.1) is 85.3 Å². The molecule has 450 valence electrons. The van der Waals surface area contributed by atoms with Crippen LogP contribution in [-0.4, -0.2) is 154 Å². The van der Waals surface area contributed by atoms with E-state index in [-0.39, 0.29) is 79.5 Å². The van der Waals surface area contributed by atoms with Crippen molar-refractivity contribution >= 4 is 47.9 Å². The number of nitro benzene ring substituents is 1. The van der Waals surface area contributed by atoms with Gasteiger partial charge in [0.2, 0.25) is 11.8 Å². The zero-order valence-corrected chi connectivity index (χ0v) is 49.6. The molecule has 3 amide bonds. The molecule has 2 atom stereocenters. The summed E-state index contributed by atoms with van der Waals surface area (Å²) in [5.74, 6) is 0.215. The van der Waals surface area contributed by atoms with Crippen LogP contribution in [0, 0.1) is 16.0 Å². The number of aryl methyl sites for hydroxylation is 1. The van der Waals surface area contributed by atoms with Gasteiger partial charge in [0.25, 0.3) is 11.6 Å². The van der Waals surface area contributed by atoms with Crippen LogP contribution in [0.2, 0.25) is 0 Å².